The minimum absolute atomic E-state index is 0.0792. The van der Waals surface area contributed by atoms with Crippen molar-refractivity contribution in [2.45, 2.75) is 11.8 Å². The molecule has 6 nitrogen and oxygen atoms in total. The second-order valence-electron chi connectivity index (χ2n) is 4.17. The van der Waals surface area contributed by atoms with Gasteiger partial charge in [0, 0.05) is 25.0 Å². The number of nitrogens with zero attached hydrogens (tertiary/aromatic N) is 1. The number of amides is 1. The van der Waals surface area contributed by atoms with Gasteiger partial charge in [0.05, 0.1) is 10.7 Å². The Hall–Kier alpha value is -2.12. The average Bonchev–Trinajstić information content (AvgIpc) is 2.38. The van der Waals surface area contributed by atoms with Crippen molar-refractivity contribution < 1.29 is 13.2 Å². The maximum Gasteiger partial charge on any atom is 0.264 e. The molecule has 21 heavy (non-hydrogen) atoms. The van der Waals surface area contributed by atoms with E-state index >= 15 is 0 Å². The Labute approximate surface area is 127 Å². The van der Waals surface area contributed by atoms with Gasteiger partial charge in [-0.1, -0.05) is 17.7 Å². The first kappa shape index (κ1) is 15.3. The van der Waals surface area contributed by atoms with Crippen LogP contribution in [-0.4, -0.2) is 19.3 Å². The third-order valence-electron chi connectivity index (χ3n) is 2.46. The summed E-state index contributed by atoms with van der Waals surface area (Å²) < 4.78 is 26.9. The molecule has 110 valence electrons. The maximum absolute atomic E-state index is 12.2. The highest BCUT2D eigenvalue weighted by Crippen LogP contribution is 2.23. The number of sulfonamides is 1. The third-order valence-corrected chi connectivity index (χ3v) is 4.31. The molecule has 0 aliphatic carbocycles. The summed E-state index contributed by atoms with van der Waals surface area (Å²) in [7, 11) is -3.85. The lowest BCUT2D eigenvalue weighted by Crippen LogP contribution is -2.14. The van der Waals surface area contributed by atoms with E-state index in [-0.39, 0.29) is 15.8 Å². The van der Waals surface area contributed by atoms with Gasteiger partial charge in [0.2, 0.25) is 5.91 Å². The number of halogens is 1. The normalized spacial score (nSPS) is 11.0. The van der Waals surface area contributed by atoms with Crippen LogP contribution in [0.15, 0.2) is 47.6 Å². The first-order valence-electron chi connectivity index (χ1n) is 5.88. The van der Waals surface area contributed by atoms with Crippen LogP contribution >= 0.6 is 11.6 Å². The highest BCUT2D eigenvalue weighted by Gasteiger charge is 2.18. The topological polar surface area (TPSA) is 88.2 Å². The van der Waals surface area contributed by atoms with E-state index in [2.05, 4.69) is 15.0 Å². The molecule has 0 saturated heterocycles. The average molecular weight is 326 g/mol. The van der Waals surface area contributed by atoms with Crippen LogP contribution in [0.25, 0.3) is 0 Å². The molecule has 0 spiro atoms. The standard InChI is InChI=1S/C13H12ClN3O3S/c1-9(18)16-10-3-2-4-11(7-10)17-21(19,20)13-8-15-6-5-12(13)14/h2-8,17H,1H3,(H,16,18). The second kappa shape index (κ2) is 6.11. The zero-order valence-corrected chi connectivity index (χ0v) is 12.6. The minimum Gasteiger partial charge on any atom is -0.326 e. The molecule has 8 heteroatoms. The number of rotatable bonds is 4. The van der Waals surface area contributed by atoms with Gasteiger partial charge in [-0.3, -0.25) is 14.5 Å². The molecule has 0 fully saturated rings. The molecular formula is C13H12ClN3O3S. The van der Waals surface area contributed by atoms with Crippen LogP contribution in [0.5, 0.6) is 0 Å². The van der Waals surface area contributed by atoms with Crippen LogP contribution in [0.2, 0.25) is 5.02 Å². The molecule has 0 radical (unpaired) electrons. The van der Waals surface area contributed by atoms with Gasteiger partial charge in [0.15, 0.2) is 0 Å². The zero-order valence-electron chi connectivity index (χ0n) is 11.0. The number of hydrogen-bond donors (Lipinski definition) is 2. The van der Waals surface area contributed by atoms with Crippen molar-refractivity contribution in [3.8, 4) is 0 Å². The largest absolute Gasteiger partial charge is 0.326 e. The van der Waals surface area contributed by atoms with Gasteiger partial charge in [0.1, 0.15) is 4.90 Å². The van der Waals surface area contributed by atoms with Crippen LogP contribution in [0.1, 0.15) is 6.92 Å². The third kappa shape index (κ3) is 3.93. The summed E-state index contributed by atoms with van der Waals surface area (Å²) in [6.45, 7) is 1.37. The lowest BCUT2D eigenvalue weighted by Gasteiger charge is -2.10. The molecule has 0 bridgehead atoms. The molecule has 0 saturated carbocycles. The molecule has 2 rings (SSSR count). The summed E-state index contributed by atoms with van der Waals surface area (Å²) in [6, 6.07) is 7.73. The summed E-state index contributed by atoms with van der Waals surface area (Å²) in [5, 5.41) is 2.65. The van der Waals surface area contributed by atoms with Crippen molar-refractivity contribution in [3.63, 3.8) is 0 Å². The highest BCUT2D eigenvalue weighted by molar-refractivity contribution is 7.92. The summed E-state index contributed by atoms with van der Waals surface area (Å²) in [4.78, 5) is 14.6. The van der Waals surface area contributed by atoms with Crippen LogP contribution in [0.3, 0.4) is 0 Å². The number of benzene rings is 1. The van der Waals surface area contributed by atoms with E-state index in [9.17, 15) is 13.2 Å². The smallest absolute Gasteiger partial charge is 0.264 e. The molecule has 0 aliphatic heterocycles. The monoisotopic (exact) mass is 325 g/mol. The second-order valence-corrected chi connectivity index (χ2v) is 6.23. The molecule has 1 amide bonds. The van der Waals surface area contributed by atoms with E-state index in [0.717, 1.165) is 0 Å². The van der Waals surface area contributed by atoms with Crippen molar-refractivity contribution in [2.75, 3.05) is 10.0 Å². The fraction of sp³-hybridized carbons (Fsp3) is 0.0769. The fourth-order valence-corrected chi connectivity index (χ4v) is 3.12. The van der Waals surface area contributed by atoms with E-state index in [1.165, 1.54) is 31.5 Å². The predicted molar refractivity (Wildman–Crippen MR) is 80.8 cm³/mol. The van der Waals surface area contributed by atoms with Crippen LogP contribution in [0, 0.1) is 0 Å². The summed E-state index contributed by atoms with van der Waals surface area (Å²) in [5.41, 5.74) is 0.793. The molecule has 2 N–H and O–H groups in total. The van der Waals surface area contributed by atoms with Gasteiger partial charge in [-0.2, -0.15) is 0 Å². The van der Waals surface area contributed by atoms with Gasteiger partial charge >= 0.3 is 0 Å². The Morgan fingerprint density at radius 1 is 1.24 bits per heavy atom. The molecule has 1 aromatic heterocycles. The molecule has 0 unspecified atom stereocenters. The quantitative estimate of drug-likeness (QED) is 0.904. The van der Waals surface area contributed by atoms with Gasteiger partial charge in [-0.05, 0) is 24.3 Å². The Bertz CT molecular complexity index is 778. The van der Waals surface area contributed by atoms with Crippen molar-refractivity contribution in [3.05, 3.63) is 47.7 Å². The summed E-state index contributed by atoms with van der Waals surface area (Å²) in [6.07, 6.45) is 2.57. The maximum atomic E-state index is 12.2. The highest BCUT2D eigenvalue weighted by atomic mass is 35.5. The van der Waals surface area contributed by atoms with E-state index in [4.69, 9.17) is 11.6 Å². The number of carbonyl (C=O) groups is 1. The lowest BCUT2D eigenvalue weighted by molar-refractivity contribution is -0.114. The van der Waals surface area contributed by atoms with Gasteiger partial charge < -0.3 is 5.32 Å². The molecule has 0 atom stereocenters. The number of carbonyl (C=O) groups excluding carboxylic acids is 1. The molecule has 2 aromatic rings. The van der Waals surface area contributed by atoms with Crippen molar-refractivity contribution in [2.24, 2.45) is 0 Å². The van der Waals surface area contributed by atoms with E-state index in [0.29, 0.717) is 11.4 Å². The minimum atomic E-state index is -3.85. The Balaban J connectivity index is 2.29. The fourth-order valence-electron chi connectivity index (χ4n) is 1.63. The molecule has 0 aliphatic rings. The predicted octanol–water partition coefficient (Wildman–Crippen LogP) is 2.49. The number of aromatic nitrogens is 1. The SMILES string of the molecule is CC(=O)Nc1cccc(NS(=O)(=O)c2cnccc2Cl)c1. The molecule has 1 aromatic carbocycles. The zero-order chi connectivity index (χ0) is 15.5. The van der Waals surface area contributed by atoms with Crippen LogP contribution < -0.4 is 10.0 Å². The van der Waals surface area contributed by atoms with E-state index in [1.54, 1.807) is 18.2 Å². The number of hydrogen-bond acceptors (Lipinski definition) is 4. The van der Waals surface area contributed by atoms with Crippen LogP contribution in [0.4, 0.5) is 11.4 Å². The van der Waals surface area contributed by atoms with Gasteiger partial charge in [-0.15, -0.1) is 0 Å². The summed E-state index contributed by atoms with van der Waals surface area (Å²) in [5.74, 6) is -0.245. The van der Waals surface area contributed by atoms with Gasteiger partial charge in [-0.25, -0.2) is 8.42 Å². The Morgan fingerprint density at radius 2 is 1.95 bits per heavy atom. The van der Waals surface area contributed by atoms with Crippen molar-refractivity contribution in [1.29, 1.82) is 0 Å². The van der Waals surface area contributed by atoms with Crippen molar-refractivity contribution in [1.82, 2.24) is 4.98 Å². The first-order chi connectivity index (χ1) is 9.88. The van der Waals surface area contributed by atoms with Gasteiger partial charge in [0.25, 0.3) is 10.0 Å². The molecule has 1 heterocycles. The van der Waals surface area contributed by atoms with E-state index in [1.807, 2.05) is 0 Å². The molecular weight excluding hydrogens is 314 g/mol. The Morgan fingerprint density at radius 3 is 2.62 bits per heavy atom. The summed E-state index contributed by atoms with van der Waals surface area (Å²) >= 11 is 5.86. The van der Waals surface area contributed by atoms with E-state index < -0.39 is 10.0 Å². The van der Waals surface area contributed by atoms with Crippen LogP contribution in [-0.2, 0) is 14.8 Å². The number of anilines is 2. The number of nitrogens with one attached hydrogen (secondary N) is 2. The Kier molecular flexibility index (Phi) is 4.44. The van der Waals surface area contributed by atoms with Crippen molar-refractivity contribution >= 4 is 38.9 Å². The first-order valence-corrected chi connectivity index (χ1v) is 7.74. The number of pyridine rings is 1. The lowest BCUT2D eigenvalue weighted by atomic mass is 10.3.